The predicted octanol–water partition coefficient (Wildman–Crippen LogP) is 4.38. The Hall–Kier alpha value is -2.61. The molecule has 30 heavy (non-hydrogen) atoms. The molecule has 1 amide bonds. The van der Waals surface area contributed by atoms with E-state index in [2.05, 4.69) is 10.3 Å². The van der Waals surface area contributed by atoms with Crippen LogP contribution in [0.5, 0.6) is 0 Å². The lowest BCUT2D eigenvalue weighted by molar-refractivity contribution is -0.114. The Kier molecular flexibility index (Phi) is 6.97. The van der Waals surface area contributed by atoms with Gasteiger partial charge in [0.15, 0.2) is 0 Å². The molecule has 1 N–H and O–H groups in total. The molecular formula is C21H19Cl2N3O3S. The number of nitrogens with zero attached hydrogens (tertiary/aromatic N) is 2. The first-order valence-corrected chi connectivity index (χ1v) is 11.5. The number of carbonyl (C=O) groups excluding carboxylic acids is 1. The number of nitrogens with one attached hydrogen (secondary N) is 1. The van der Waals surface area contributed by atoms with E-state index < -0.39 is 22.5 Å². The minimum Gasteiger partial charge on any atom is -0.325 e. The van der Waals surface area contributed by atoms with Gasteiger partial charge in [-0.3, -0.25) is 14.1 Å². The van der Waals surface area contributed by atoms with Gasteiger partial charge in [-0.2, -0.15) is 0 Å². The van der Waals surface area contributed by atoms with Crippen molar-refractivity contribution in [1.82, 2.24) is 4.98 Å². The third-order valence-corrected chi connectivity index (χ3v) is 5.93. The number of hydrogen-bond acceptors (Lipinski definition) is 4. The van der Waals surface area contributed by atoms with E-state index in [1.54, 1.807) is 24.5 Å². The van der Waals surface area contributed by atoms with Crippen molar-refractivity contribution >= 4 is 50.5 Å². The molecular weight excluding hydrogens is 445 g/mol. The molecule has 0 spiro atoms. The highest BCUT2D eigenvalue weighted by atomic mass is 35.5. The van der Waals surface area contributed by atoms with Gasteiger partial charge in [0.2, 0.25) is 15.9 Å². The lowest BCUT2D eigenvalue weighted by Gasteiger charge is -2.23. The maximum absolute atomic E-state index is 12.5. The van der Waals surface area contributed by atoms with Crippen molar-refractivity contribution in [2.24, 2.45) is 0 Å². The van der Waals surface area contributed by atoms with E-state index in [0.717, 1.165) is 28.1 Å². The third-order valence-electron chi connectivity index (χ3n) is 4.26. The molecule has 0 aliphatic carbocycles. The van der Waals surface area contributed by atoms with Gasteiger partial charge in [-0.25, -0.2) is 8.42 Å². The maximum Gasteiger partial charge on any atom is 0.245 e. The molecule has 6 nitrogen and oxygen atoms in total. The Morgan fingerprint density at radius 2 is 1.63 bits per heavy atom. The topological polar surface area (TPSA) is 79.4 Å². The molecule has 0 atom stereocenters. The first-order valence-electron chi connectivity index (χ1n) is 8.93. The highest BCUT2D eigenvalue weighted by molar-refractivity contribution is 7.92. The first-order chi connectivity index (χ1) is 14.2. The maximum atomic E-state index is 12.5. The van der Waals surface area contributed by atoms with Gasteiger partial charge in [-0.15, -0.1) is 0 Å². The number of amides is 1. The van der Waals surface area contributed by atoms with Gasteiger partial charge in [-0.05, 0) is 60.0 Å². The Balaban J connectivity index is 1.69. The fourth-order valence-electron chi connectivity index (χ4n) is 2.84. The summed E-state index contributed by atoms with van der Waals surface area (Å²) in [5.74, 6) is -0.492. The average Bonchev–Trinajstić information content (AvgIpc) is 2.68. The van der Waals surface area contributed by atoms with E-state index in [-0.39, 0.29) is 10.7 Å². The first kappa shape index (κ1) is 22.1. The molecule has 3 aromatic rings. The molecule has 0 bridgehead atoms. The van der Waals surface area contributed by atoms with Crippen molar-refractivity contribution < 1.29 is 13.2 Å². The van der Waals surface area contributed by atoms with Crippen molar-refractivity contribution in [2.45, 2.75) is 6.42 Å². The summed E-state index contributed by atoms with van der Waals surface area (Å²) in [5.41, 5.74) is 2.95. The largest absolute Gasteiger partial charge is 0.325 e. The number of aromatic nitrogens is 1. The Bertz CT molecular complexity index is 1140. The zero-order valence-corrected chi connectivity index (χ0v) is 18.4. The summed E-state index contributed by atoms with van der Waals surface area (Å²) in [6.45, 7) is -0.418. The van der Waals surface area contributed by atoms with Crippen molar-refractivity contribution in [2.75, 3.05) is 22.4 Å². The Morgan fingerprint density at radius 1 is 1.00 bits per heavy atom. The van der Waals surface area contributed by atoms with Crippen molar-refractivity contribution in [3.05, 3.63) is 88.2 Å². The summed E-state index contributed by atoms with van der Waals surface area (Å²) >= 11 is 12.0. The highest BCUT2D eigenvalue weighted by Gasteiger charge is 2.23. The molecule has 2 aromatic carbocycles. The molecule has 1 aromatic heterocycles. The predicted molar refractivity (Wildman–Crippen MR) is 121 cm³/mol. The molecule has 0 saturated carbocycles. The summed E-state index contributed by atoms with van der Waals surface area (Å²) in [6, 6.07) is 15.6. The lowest BCUT2D eigenvalue weighted by Crippen LogP contribution is -2.37. The van der Waals surface area contributed by atoms with Crippen LogP contribution >= 0.6 is 23.2 Å². The standard InChI is InChI=1S/C21H19Cl2N3O3S/c1-30(28,29)26(20-7-4-17(22)13-19(20)23)14-21(27)25-18-5-2-15(3-6-18)12-16-8-10-24-11-9-16/h2-11,13H,12,14H2,1H3,(H,25,27). The van der Waals surface area contributed by atoms with Gasteiger partial charge < -0.3 is 5.32 Å². The average molecular weight is 464 g/mol. The number of anilines is 2. The Morgan fingerprint density at radius 3 is 2.23 bits per heavy atom. The number of benzene rings is 2. The number of pyridine rings is 1. The number of sulfonamides is 1. The van der Waals surface area contributed by atoms with Gasteiger partial charge in [-0.1, -0.05) is 35.3 Å². The van der Waals surface area contributed by atoms with Gasteiger partial charge in [0, 0.05) is 23.1 Å². The second-order valence-electron chi connectivity index (χ2n) is 6.64. The third kappa shape index (κ3) is 5.95. The van der Waals surface area contributed by atoms with E-state index in [9.17, 15) is 13.2 Å². The van der Waals surface area contributed by atoms with E-state index in [1.807, 2.05) is 24.3 Å². The summed E-state index contributed by atoms with van der Waals surface area (Å²) in [4.78, 5) is 16.5. The molecule has 0 radical (unpaired) electrons. The normalized spacial score (nSPS) is 11.2. The quantitative estimate of drug-likeness (QED) is 0.563. The number of hydrogen-bond donors (Lipinski definition) is 1. The van der Waals surface area contributed by atoms with Crippen LogP contribution in [-0.2, 0) is 21.2 Å². The molecule has 0 saturated heterocycles. The SMILES string of the molecule is CS(=O)(=O)N(CC(=O)Nc1ccc(Cc2ccncc2)cc1)c1ccc(Cl)cc1Cl. The number of rotatable bonds is 7. The minimum atomic E-state index is -3.74. The van der Waals surface area contributed by atoms with Crippen molar-refractivity contribution in [3.63, 3.8) is 0 Å². The van der Waals surface area contributed by atoms with Crippen LogP contribution in [0, 0.1) is 0 Å². The molecule has 0 aliphatic rings. The van der Waals surface area contributed by atoms with Crippen LogP contribution in [0.3, 0.4) is 0 Å². The minimum absolute atomic E-state index is 0.140. The highest BCUT2D eigenvalue weighted by Crippen LogP contribution is 2.30. The van der Waals surface area contributed by atoms with E-state index in [0.29, 0.717) is 10.7 Å². The fourth-order valence-corrected chi connectivity index (χ4v) is 4.27. The van der Waals surface area contributed by atoms with Gasteiger partial charge in [0.25, 0.3) is 0 Å². The molecule has 3 rings (SSSR count). The van der Waals surface area contributed by atoms with Crippen LogP contribution < -0.4 is 9.62 Å². The molecule has 156 valence electrons. The van der Waals surface area contributed by atoms with Crippen molar-refractivity contribution in [3.8, 4) is 0 Å². The monoisotopic (exact) mass is 463 g/mol. The van der Waals surface area contributed by atoms with Gasteiger partial charge in [0.05, 0.1) is 17.0 Å². The van der Waals surface area contributed by atoms with E-state index in [1.165, 1.54) is 18.2 Å². The molecule has 0 aliphatic heterocycles. The zero-order valence-electron chi connectivity index (χ0n) is 16.0. The smallest absolute Gasteiger partial charge is 0.245 e. The summed E-state index contributed by atoms with van der Waals surface area (Å²) in [5, 5.41) is 3.22. The van der Waals surface area contributed by atoms with Gasteiger partial charge >= 0.3 is 0 Å². The van der Waals surface area contributed by atoms with E-state index in [4.69, 9.17) is 23.2 Å². The second-order valence-corrected chi connectivity index (χ2v) is 9.39. The van der Waals surface area contributed by atoms with Crippen LogP contribution in [0.25, 0.3) is 0 Å². The number of carbonyl (C=O) groups is 1. The fraction of sp³-hybridized carbons (Fsp3) is 0.143. The summed E-state index contributed by atoms with van der Waals surface area (Å²) < 4.78 is 25.4. The van der Waals surface area contributed by atoms with Crippen LogP contribution in [0.1, 0.15) is 11.1 Å². The zero-order chi connectivity index (χ0) is 21.7. The molecule has 0 fully saturated rings. The van der Waals surface area contributed by atoms with Crippen LogP contribution in [0.2, 0.25) is 10.0 Å². The molecule has 0 unspecified atom stereocenters. The van der Waals surface area contributed by atoms with Crippen LogP contribution in [-0.4, -0.2) is 32.1 Å². The summed E-state index contributed by atoms with van der Waals surface area (Å²) in [7, 11) is -3.74. The van der Waals surface area contributed by atoms with Crippen LogP contribution in [0.4, 0.5) is 11.4 Å². The van der Waals surface area contributed by atoms with Crippen molar-refractivity contribution in [1.29, 1.82) is 0 Å². The Labute approximate surface area is 185 Å². The molecule has 9 heteroatoms. The number of halogens is 2. The summed E-state index contributed by atoms with van der Waals surface area (Å²) in [6.07, 6.45) is 5.24. The lowest BCUT2D eigenvalue weighted by atomic mass is 10.1. The van der Waals surface area contributed by atoms with E-state index >= 15 is 0 Å². The van der Waals surface area contributed by atoms with Crippen LogP contribution in [0.15, 0.2) is 67.0 Å². The second kappa shape index (κ2) is 9.47. The molecule has 1 heterocycles. The van der Waals surface area contributed by atoms with Gasteiger partial charge in [0.1, 0.15) is 6.54 Å².